The molecule has 1 aromatic carbocycles. The van der Waals surface area contributed by atoms with Crippen LogP contribution in [0.15, 0.2) is 28.8 Å². The summed E-state index contributed by atoms with van der Waals surface area (Å²) in [6.07, 6.45) is 0.169. The number of hydrogen-bond donors (Lipinski definition) is 0. The lowest BCUT2D eigenvalue weighted by molar-refractivity contribution is -0.139. The van der Waals surface area contributed by atoms with Gasteiger partial charge in [-0.1, -0.05) is 17.3 Å². The first-order valence-electron chi connectivity index (χ1n) is 9.24. The van der Waals surface area contributed by atoms with Crippen molar-refractivity contribution in [1.82, 2.24) is 15.0 Å². The van der Waals surface area contributed by atoms with Crippen molar-refractivity contribution in [2.24, 2.45) is 0 Å². The molecule has 2 aliphatic rings. The molecular formula is C20H21N3O5. The first kappa shape index (κ1) is 18.4. The summed E-state index contributed by atoms with van der Waals surface area (Å²) in [4.78, 5) is 42.1. The summed E-state index contributed by atoms with van der Waals surface area (Å²) in [7, 11) is 0. The summed E-state index contributed by atoms with van der Waals surface area (Å²) in [5, 5.41) is 3.94. The molecule has 0 bridgehead atoms. The van der Waals surface area contributed by atoms with Crippen LogP contribution in [0.2, 0.25) is 0 Å². The van der Waals surface area contributed by atoms with Crippen molar-refractivity contribution in [3.05, 3.63) is 52.4 Å². The fourth-order valence-electron chi connectivity index (χ4n) is 3.76. The normalized spacial score (nSPS) is 17.8. The van der Waals surface area contributed by atoms with Gasteiger partial charge in [-0.2, -0.15) is 0 Å². The lowest BCUT2D eigenvalue weighted by atomic mass is 10.0. The molecule has 0 saturated carbocycles. The fourth-order valence-corrected chi connectivity index (χ4v) is 3.76. The second-order valence-electron chi connectivity index (χ2n) is 6.99. The first-order valence-corrected chi connectivity index (χ1v) is 9.24. The molecule has 8 nitrogen and oxygen atoms in total. The van der Waals surface area contributed by atoms with E-state index in [0.717, 1.165) is 10.5 Å². The highest BCUT2D eigenvalue weighted by molar-refractivity contribution is 6.22. The van der Waals surface area contributed by atoms with Crippen LogP contribution < -0.4 is 0 Å². The summed E-state index contributed by atoms with van der Waals surface area (Å²) >= 11 is 0. The Kier molecular flexibility index (Phi) is 4.72. The van der Waals surface area contributed by atoms with Crippen LogP contribution >= 0.6 is 0 Å². The number of imide groups is 1. The van der Waals surface area contributed by atoms with Crippen LogP contribution in [0.4, 0.5) is 0 Å². The van der Waals surface area contributed by atoms with E-state index in [1.54, 1.807) is 43.0 Å². The summed E-state index contributed by atoms with van der Waals surface area (Å²) in [5.41, 5.74) is 2.04. The van der Waals surface area contributed by atoms with Crippen molar-refractivity contribution >= 4 is 17.7 Å². The van der Waals surface area contributed by atoms with E-state index in [1.165, 1.54) is 0 Å². The zero-order chi connectivity index (χ0) is 19.8. The van der Waals surface area contributed by atoms with Crippen molar-refractivity contribution in [3.8, 4) is 0 Å². The summed E-state index contributed by atoms with van der Waals surface area (Å²) in [6, 6.07) is 5.69. The van der Waals surface area contributed by atoms with Crippen molar-refractivity contribution in [3.63, 3.8) is 0 Å². The topological polar surface area (TPSA) is 93.0 Å². The quantitative estimate of drug-likeness (QED) is 0.740. The van der Waals surface area contributed by atoms with Crippen LogP contribution in [0.25, 0.3) is 0 Å². The van der Waals surface area contributed by atoms with E-state index in [-0.39, 0.29) is 12.3 Å². The Bertz CT molecular complexity index is 891. The average Bonchev–Trinajstić information content (AvgIpc) is 3.17. The highest BCUT2D eigenvalue weighted by atomic mass is 16.5. The predicted octanol–water partition coefficient (Wildman–Crippen LogP) is 1.36. The average molecular weight is 383 g/mol. The predicted molar refractivity (Wildman–Crippen MR) is 97.8 cm³/mol. The molecule has 146 valence electrons. The van der Waals surface area contributed by atoms with Gasteiger partial charge in [-0.15, -0.1) is 0 Å². The summed E-state index contributed by atoms with van der Waals surface area (Å²) < 4.78 is 10.5. The molecule has 28 heavy (non-hydrogen) atoms. The smallest absolute Gasteiger partial charge is 0.262 e. The zero-order valence-electron chi connectivity index (χ0n) is 15.8. The molecule has 3 amide bonds. The van der Waals surface area contributed by atoms with Crippen LogP contribution in [0, 0.1) is 13.8 Å². The van der Waals surface area contributed by atoms with Gasteiger partial charge in [0.1, 0.15) is 11.8 Å². The maximum absolute atomic E-state index is 13.3. The molecule has 1 saturated heterocycles. The Labute approximate surface area is 162 Å². The summed E-state index contributed by atoms with van der Waals surface area (Å²) in [5.74, 6) is -0.579. The minimum absolute atomic E-state index is 0.169. The molecule has 8 heteroatoms. The van der Waals surface area contributed by atoms with E-state index in [1.807, 2.05) is 0 Å². The van der Waals surface area contributed by atoms with Crippen LogP contribution in [0.1, 0.15) is 37.7 Å². The number of ether oxygens (including phenoxy) is 1. The molecule has 3 heterocycles. The third kappa shape index (κ3) is 2.99. The molecule has 0 aliphatic carbocycles. The van der Waals surface area contributed by atoms with Gasteiger partial charge in [-0.05, 0) is 26.0 Å². The molecule has 2 aromatic rings. The number of aromatic nitrogens is 1. The maximum Gasteiger partial charge on any atom is 0.262 e. The number of benzene rings is 1. The molecule has 0 spiro atoms. The number of nitrogens with zero attached hydrogens (tertiary/aromatic N) is 3. The molecule has 1 unspecified atom stereocenters. The molecule has 0 N–H and O–H groups in total. The molecule has 1 fully saturated rings. The Morgan fingerprint density at radius 3 is 2.25 bits per heavy atom. The van der Waals surface area contributed by atoms with Gasteiger partial charge in [0.2, 0.25) is 5.91 Å². The third-order valence-corrected chi connectivity index (χ3v) is 5.32. The van der Waals surface area contributed by atoms with Gasteiger partial charge >= 0.3 is 0 Å². The fraction of sp³-hybridized carbons (Fsp3) is 0.400. The highest BCUT2D eigenvalue weighted by Gasteiger charge is 2.44. The van der Waals surface area contributed by atoms with E-state index in [0.29, 0.717) is 48.9 Å². The van der Waals surface area contributed by atoms with Gasteiger partial charge in [0.15, 0.2) is 0 Å². The number of amides is 3. The Hall–Kier alpha value is -3.00. The molecule has 0 radical (unpaired) electrons. The largest absolute Gasteiger partial charge is 0.378 e. The van der Waals surface area contributed by atoms with Crippen molar-refractivity contribution in [2.75, 3.05) is 26.3 Å². The molecule has 2 aliphatic heterocycles. The van der Waals surface area contributed by atoms with Gasteiger partial charge in [0, 0.05) is 25.1 Å². The van der Waals surface area contributed by atoms with E-state index in [9.17, 15) is 14.4 Å². The zero-order valence-corrected chi connectivity index (χ0v) is 15.8. The minimum atomic E-state index is -0.956. The minimum Gasteiger partial charge on any atom is -0.378 e. The monoisotopic (exact) mass is 383 g/mol. The van der Waals surface area contributed by atoms with Gasteiger partial charge in [-0.3, -0.25) is 19.3 Å². The number of hydrogen-bond acceptors (Lipinski definition) is 6. The van der Waals surface area contributed by atoms with E-state index in [4.69, 9.17) is 9.26 Å². The van der Waals surface area contributed by atoms with Crippen molar-refractivity contribution in [2.45, 2.75) is 26.3 Å². The highest BCUT2D eigenvalue weighted by Crippen LogP contribution is 2.28. The van der Waals surface area contributed by atoms with Gasteiger partial charge in [0.25, 0.3) is 11.8 Å². The number of rotatable bonds is 4. The number of fused-ring (bicyclic) bond motifs is 1. The van der Waals surface area contributed by atoms with E-state index >= 15 is 0 Å². The van der Waals surface area contributed by atoms with Crippen LogP contribution in [0.5, 0.6) is 0 Å². The SMILES string of the molecule is Cc1noc(C)c1CC(C(=O)N1CCOCC1)N1C(=O)c2ccccc2C1=O. The van der Waals surface area contributed by atoms with Crippen LogP contribution in [-0.4, -0.2) is 65.0 Å². The van der Waals surface area contributed by atoms with Crippen LogP contribution in [0.3, 0.4) is 0 Å². The Morgan fingerprint density at radius 1 is 1.11 bits per heavy atom. The number of morpholine rings is 1. The van der Waals surface area contributed by atoms with E-state index < -0.39 is 17.9 Å². The Balaban J connectivity index is 1.72. The molecular weight excluding hydrogens is 362 g/mol. The number of carbonyl (C=O) groups is 3. The van der Waals surface area contributed by atoms with Gasteiger partial charge < -0.3 is 14.2 Å². The summed E-state index contributed by atoms with van der Waals surface area (Å²) in [6.45, 7) is 5.27. The van der Waals surface area contributed by atoms with Crippen LogP contribution in [-0.2, 0) is 16.0 Å². The van der Waals surface area contributed by atoms with Crippen molar-refractivity contribution < 1.29 is 23.6 Å². The molecule has 1 aromatic heterocycles. The third-order valence-electron chi connectivity index (χ3n) is 5.32. The molecule has 4 rings (SSSR count). The second-order valence-corrected chi connectivity index (χ2v) is 6.99. The van der Waals surface area contributed by atoms with Gasteiger partial charge in [-0.25, -0.2) is 0 Å². The van der Waals surface area contributed by atoms with E-state index in [2.05, 4.69) is 5.16 Å². The number of aryl methyl sites for hydroxylation is 2. The lowest BCUT2D eigenvalue weighted by Gasteiger charge is -2.33. The van der Waals surface area contributed by atoms with Gasteiger partial charge in [0.05, 0.1) is 30.0 Å². The first-order chi connectivity index (χ1) is 13.5. The standard InChI is InChI=1S/C20H21N3O5/c1-12-16(13(2)28-21-12)11-17(20(26)22-7-9-27-10-8-22)23-18(24)14-5-3-4-6-15(14)19(23)25/h3-6,17H,7-11H2,1-2H3. The Morgan fingerprint density at radius 2 is 1.71 bits per heavy atom. The maximum atomic E-state index is 13.3. The van der Waals surface area contributed by atoms with Crippen molar-refractivity contribution in [1.29, 1.82) is 0 Å². The second kappa shape index (κ2) is 7.20. The lowest BCUT2D eigenvalue weighted by Crippen LogP contribution is -2.54. The molecule has 1 atom stereocenters. The number of carbonyl (C=O) groups excluding carboxylic acids is 3.